The lowest BCUT2D eigenvalue weighted by molar-refractivity contribution is 0.0970. The summed E-state index contributed by atoms with van der Waals surface area (Å²) in [6.45, 7) is 6.20. The average molecular weight is 433 g/mol. The van der Waals surface area contributed by atoms with Crippen molar-refractivity contribution in [2.75, 3.05) is 11.5 Å². The second-order valence-corrected chi connectivity index (χ2v) is 8.52. The van der Waals surface area contributed by atoms with Gasteiger partial charge in [-0.1, -0.05) is 35.1 Å². The lowest BCUT2D eigenvalue weighted by Gasteiger charge is -2.22. The van der Waals surface area contributed by atoms with Gasteiger partial charge in [-0.15, -0.1) is 10.2 Å². The zero-order valence-corrected chi connectivity index (χ0v) is 18.0. The van der Waals surface area contributed by atoms with Crippen LogP contribution in [0.2, 0.25) is 0 Å². The minimum Gasteiger partial charge on any atom is -0.494 e. The van der Waals surface area contributed by atoms with E-state index in [2.05, 4.69) is 10.2 Å². The Morgan fingerprint density at radius 1 is 1.10 bits per heavy atom. The highest BCUT2D eigenvalue weighted by Gasteiger charge is 2.45. The maximum absolute atomic E-state index is 13.6. The average Bonchev–Trinajstić information content (AvgIpc) is 3.31. The molecular weight excluding hydrogens is 414 g/mol. The maximum Gasteiger partial charge on any atom is 0.297 e. The van der Waals surface area contributed by atoms with Gasteiger partial charge in [0, 0.05) is 0 Å². The van der Waals surface area contributed by atoms with Gasteiger partial charge in [0.2, 0.25) is 10.9 Å². The van der Waals surface area contributed by atoms with E-state index < -0.39 is 11.9 Å². The second-order valence-electron chi connectivity index (χ2n) is 7.36. The van der Waals surface area contributed by atoms with Crippen molar-refractivity contribution >= 4 is 33.3 Å². The smallest absolute Gasteiger partial charge is 0.297 e. The number of nitrogens with zero attached hydrogens (tertiary/aromatic N) is 3. The number of amides is 1. The summed E-state index contributed by atoms with van der Waals surface area (Å²) in [5.41, 5.74) is 2.21. The molecule has 0 saturated carbocycles. The number of anilines is 1. The summed E-state index contributed by atoms with van der Waals surface area (Å²) in [5.74, 6) is 0.368. The Hall–Kier alpha value is -3.52. The molecule has 0 aliphatic carbocycles. The number of benzene rings is 2. The van der Waals surface area contributed by atoms with E-state index in [1.165, 1.54) is 16.2 Å². The summed E-state index contributed by atoms with van der Waals surface area (Å²) in [5, 5.41) is 9.84. The van der Waals surface area contributed by atoms with Crippen LogP contribution in [-0.4, -0.2) is 22.7 Å². The van der Waals surface area contributed by atoms with E-state index >= 15 is 0 Å². The number of aryl methyl sites for hydroxylation is 2. The molecule has 5 rings (SSSR count). The highest BCUT2D eigenvalue weighted by atomic mass is 32.1. The lowest BCUT2D eigenvalue weighted by Crippen LogP contribution is -2.29. The molecule has 1 aliphatic rings. The van der Waals surface area contributed by atoms with Crippen molar-refractivity contribution < 1.29 is 13.9 Å². The summed E-state index contributed by atoms with van der Waals surface area (Å²) in [6.07, 6.45) is 0. The predicted molar refractivity (Wildman–Crippen MR) is 118 cm³/mol. The molecule has 3 heterocycles. The van der Waals surface area contributed by atoms with Gasteiger partial charge in [-0.05, 0) is 50.6 Å². The van der Waals surface area contributed by atoms with Gasteiger partial charge >= 0.3 is 0 Å². The van der Waals surface area contributed by atoms with Crippen molar-refractivity contribution in [3.8, 4) is 5.75 Å². The standard InChI is InChI=1S/C23H19N3O4S/c1-4-29-15-8-6-14(7-9-15)19-18-20(27)16-11-12(2)5-10-17(16)30-21(18)22(28)26(19)23-25-24-13(3)31-23/h5-11,19H,4H2,1-3H3. The normalized spacial score (nSPS) is 15.5. The first-order chi connectivity index (χ1) is 15.0. The van der Waals surface area contributed by atoms with Crippen LogP contribution in [0.4, 0.5) is 5.13 Å². The van der Waals surface area contributed by atoms with Gasteiger partial charge in [0.15, 0.2) is 5.43 Å². The summed E-state index contributed by atoms with van der Waals surface area (Å²) >= 11 is 1.30. The molecule has 0 N–H and O–H groups in total. The van der Waals surface area contributed by atoms with E-state index in [1.807, 2.05) is 51.1 Å². The number of ether oxygens (including phenoxy) is 1. The van der Waals surface area contributed by atoms with Crippen molar-refractivity contribution in [2.24, 2.45) is 0 Å². The Labute approximate surface area is 181 Å². The predicted octanol–water partition coefficient (Wildman–Crippen LogP) is 4.41. The monoisotopic (exact) mass is 433 g/mol. The number of aromatic nitrogens is 2. The number of carbonyl (C=O) groups excluding carboxylic acids is 1. The van der Waals surface area contributed by atoms with E-state index in [4.69, 9.17) is 9.15 Å². The largest absolute Gasteiger partial charge is 0.494 e. The molecular formula is C23H19N3O4S. The number of fused-ring (bicyclic) bond motifs is 2. The van der Waals surface area contributed by atoms with Crippen LogP contribution in [0, 0.1) is 13.8 Å². The third-order valence-electron chi connectivity index (χ3n) is 5.25. The Balaban J connectivity index is 1.76. The van der Waals surface area contributed by atoms with Gasteiger partial charge in [-0.25, -0.2) is 0 Å². The number of carbonyl (C=O) groups is 1. The van der Waals surface area contributed by atoms with E-state index in [1.54, 1.807) is 12.1 Å². The van der Waals surface area contributed by atoms with Gasteiger partial charge in [0.25, 0.3) is 5.91 Å². The van der Waals surface area contributed by atoms with Gasteiger partial charge in [-0.2, -0.15) is 0 Å². The Kier molecular flexibility index (Phi) is 4.59. The van der Waals surface area contributed by atoms with Gasteiger partial charge in [0.1, 0.15) is 16.3 Å². The van der Waals surface area contributed by atoms with Crippen molar-refractivity contribution in [2.45, 2.75) is 26.8 Å². The molecule has 2 aromatic heterocycles. The van der Waals surface area contributed by atoms with E-state index in [9.17, 15) is 9.59 Å². The first kappa shape index (κ1) is 19.4. The number of rotatable bonds is 4. The highest BCUT2D eigenvalue weighted by molar-refractivity contribution is 7.15. The fraction of sp³-hybridized carbons (Fsp3) is 0.217. The molecule has 1 amide bonds. The first-order valence-electron chi connectivity index (χ1n) is 9.91. The second kappa shape index (κ2) is 7.31. The van der Waals surface area contributed by atoms with Crippen molar-refractivity contribution in [1.29, 1.82) is 0 Å². The van der Waals surface area contributed by atoms with Crippen LogP contribution in [0.15, 0.2) is 51.7 Å². The summed E-state index contributed by atoms with van der Waals surface area (Å²) in [6, 6.07) is 12.1. The van der Waals surface area contributed by atoms with Gasteiger partial charge in [-0.3, -0.25) is 14.5 Å². The fourth-order valence-electron chi connectivity index (χ4n) is 3.90. The van der Waals surface area contributed by atoms with Crippen LogP contribution in [0.25, 0.3) is 11.0 Å². The molecule has 1 aliphatic heterocycles. The van der Waals surface area contributed by atoms with Crippen molar-refractivity contribution in [1.82, 2.24) is 10.2 Å². The third kappa shape index (κ3) is 3.11. The number of hydrogen-bond donors (Lipinski definition) is 0. The summed E-state index contributed by atoms with van der Waals surface area (Å²) in [7, 11) is 0. The van der Waals surface area contributed by atoms with Crippen LogP contribution in [0.5, 0.6) is 5.75 Å². The Morgan fingerprint density at radius 3 is 2.55 bits per heavy atom. The molecule has 8 heteroatoms. The fourth-order valence-corrected chi connectivity index (χ4v) is 4.61. The molecule has 0 saturated heterocycles. The molecule has 31 heavy (non-hydrogen) atoms. The van der Waals surface area contributed by atoms with E-state index in [-0.39, 0.29) is 11.2 Å². The van der Waals surface area contributed by atoms with Gasteiger partial charge < -0.3 is 9.15 Å². The zero-order valence-electron chi connectivity index (χ0n) is 17.2. The highest BCUT2D eigenvalue weighted by Crippen LogP contribution is 2.42. The molecule has 0 spiro atoms. The van der Waals surface area contributed by atoms with Gasteiger partial charge in [0.05, 0.1) is 23.6 Å². The molecule has 7 nitrogen and oxygen atoms in total. The minimum atomic E-state index is -0.660. The lowest BCUT2D eigenvalue weighted by atomic mass is 9.98. The molecule has 0 radical (unpaired) electrons. The summed E-state index contributed by atoms with van der Waals surface area (Å²) in [4.78, 5) is 28.5. The molecule has 1 unspecified atom stereocenters. The molecule has 0 bridgehead atoms. The van der Waals surface area contributed by atoms with E-state index in [0.717, 1.165) is 21.9 Å². The van der Waals surface area contributed by atoms with Crippen molar-refractivity contribution in [3.63, 3.8) is 0 Å². The Morgan fingerprint density at radius 2 is 1.87 bits per heavy atom. The quantitative estimate of drug-likeness (QED) is 0.474. The molecule has 156 valence electrons. The topological polar surface area (TPSA) is 85.5 Å². The van der Waals surface area contributed by atoms with Crippen molar-refractivity contribution in [3.05, 3.63) is 80.1 Å². The van der Waals surface area contributed by atoms with E-state index in [0.29, 0.717) is 28.3 Å². The minimum absolute atomic E-state index is 0.0492. The Bertz CT molecular complexity index is 1370. The zero-order chi connectivity index (χ0) is 21.7. The molecule has 2 aromatic carbocycles. The third-order valence-corrected chi connectivity index (χ3v) is 6.09. The SMILES string of the molecule is CCOc1ccc(C2c3c(oc4ccc(C)cc4c3=O)C(=O)N2c2nnc(C)s2)cc1. The molecule has 1 atom stereocenters. The maximum atomic E-state index is 13.6. The number of hydrogen-bond acceptors (Lipinski definition) is 7. The van der Waals surface area contributed by atoms with Crippen LogP contribution in [-0.2, 0) is 0 Å². The van der Waals surface area contributed by atoms with Crippen LogP contribution in [0.3, 0.4) is 0 Å². The van der Waals surface area contributed by atoms with Crippen LogP contribution in [0.1, 0.15) is 45.2 Å². The first-order valence-corrected chi connectivity index (χ1v) is 10.7. The molecule has 0 fully saturated rings. The molecule has 4 aromatic rings. The summed E-state index contributed by atoms with van der Waals surface area (Å²) < 4.78 is 11.5. The van der Waals surface area contributed by atoms with Crippen LogP contribution >= 0.6 is 11.3 Å². The van der Waals surface area contributed by atoms with Crippen LogP contribution < -0.4 is 15.1 Å².